The van der Waals surface area contributed by atoms with Crippen LogP contribution in [0.4, 0.5) is 5.69 Å². The number of carbonyl (C=O) groups is 1. The van der Waals surface area contributed by atoms with Gasteiger partial charge in [0.2, 0.25) is 0 Å². The second-order valence-electron chi connectivity index (χ2n) is 9.28. The number of aromatic nitrogens is 1. The zero-order chi connectivity index (χ0) is 25.2. The molecule has 0 spiro atoms. The van der Waals surface area contributed by atoms with Crippen LogP contribution in [0.2, 0.25) is 0 Å². The fourth-order valence-corrected chi connectivity index (χ4v) is 5.14. The monoisotopic (exact) mass is 475 g/mol. The van der Waals surface area contributed by atoms with E-state index in [0.29, 0.717) is 19.0 Å². The summed E-state index contributed by atoms with van der Waals surface area (Å²) < 4.78 is 5.58. The van der Waals surface area contributed by atoms with Crippen LogP contribution < -0.4 is 10.2 Å². The van der Waals surface area contributed by atoms with E-state index in [9.17, 15) is 4.79 Å². The number of nitrogens with zero attached hydrogens (tertiary/aromatic N) is 2. The summed E-state index contributed by atoms with van der Waals surface area (Å²) in [4.78, 5) is 20.6. The van der Waals surface area contributed by atoms with E-state index < -0.39 is 0 Å². The number of unbranched alkanes of at least 4 members (excludes halogenated alkanes) is 1. The molecule has 3 rings (SSSR count). The molecule has 1 amide bonds. The number of anilines is 1. The van der Waals surface area contributed by atoms with Gasteiger partial charge in [-0.15, -0.1) is 13.2 Å². The van der Waals surface area contributed by atoms with Gasteiger partial charge in [-0.1, -0.05) is 18.2 Å². The molecule has 5 heteroatoms. The Morgan fingerprint density at radius 3 is 2.66 bits per heavy atom. The molecule has 1 aromatic heterocycles. The molecule has 1 fully saturated rings. The number of rotatable bonds is 12. The highest BCUT2D eigenvalue weighted by Gasteiger charge is 2.24. The van der Waals surface area contributed by atoms with Crippen molar-refractivity contribution < 1.29 is 9.53 Å². The third-order valence-corrected chi connectivity index (χ3v) is 6.86. The first kappa shape index (κ1) is 26.7. The first-order valence-corrected chi connectivity index (χ1v) is 12.9. The molecule has 0 radical (unpaired) electrons. The van der Waals surface area contributed by atoms with Crippen molar-refractivity contribution in [1.82, 2.24) is 10.3 Å². The molecule has 1 aliphatic heterocycles. The lowest BCUT2D eigenvalue weighted by atomic mass is 9.97. The minimum Gasteiger partial charge on any atom is -0.381 e. The summed E-state index contributed by atoms with van der Waals surface area (Å²) in [5, 5.41) is 3.20. The van der Waals surface area contributed by atoms with Gasteiger partial charge in [0.15, 0.2) is 0 Å². The Labute approximate surface area is 211 Å². The van der Waals surface area contributed by atoms with Crippen molar-refractivity contribution in [2.75, 3.05) is 24.7 Å². The molecule has 2 heterocycles. The third-order valence-electron chi connectivity index (χ3n) is 6.86. The maximum Gasteiger partial charge on any atom is 0.251 e. The fraction of sp³-hybridized carbons (Fsp3) is 0.467. The molecule has 188 valence electrons. The average molecular weight is 476 g/mol. The van der Waals surface area contributed by atoms with E-state index >= 15 is 0 Å². The Bertz CT molecular complexity index is 1020. The van der Waals surface area contributed by atoms with Crippen molar-refractivity contribution >= 4 is 11.6 Å². The predicted molar refractivity (Wildman–Crippen MR) is 145 cm³/mol. The topological polar surface area (TPSA) is 54.5 Å². The molecule has 0 unspecified atom stereocenters. The number of carbonyl (C=O) groups excluding carboxylic acids is 1. The van der Waals surface area contributed by atoms with Crippen LogP contribution in [-0.4, -0.2) is 36.7 Å². The van der Waals surface area contributed by atoms with Crippen molar-refractivity contribution in [3.8, 4) is 0 Å². The lowest BCUT2D eigenvalue weighted by Crippen LogP contribution is -2.40. The molecule has 35 heavy (non-hydrogen) atoms. The van der Waals surface area contributed by atoms with Gasteiger partial charge < -0.3 is 15.0 Å². The van der Waals surface area contributed by atoms with Crippen LogP contribution in [0.1, 0.15) is 71.0 Å². The van der Waals surface area contributed by atoms with Gasteiger partial charge in [-0.05, 0) is 94.2 Å². The van der Waals surface area contributed by atoms with Crippen LogP contribution in [0.5, 0.6) is 0 Å². The lowest BCUT2D eigenvalue weighted by molar-refractivity contribution is 0.0845. The quantitative estimate of drug-likeness (QED) is 0.308. The SMILES string of the molecule is C=CCCCc1cc(C)nc(C)c1CNC(=O)c1cccc(N(CC)C2CCOCC2)c1CC=C. The summed E-state index contributed by atoms with van der Waals surface area (Å²) >= 11 is 0. The summed E-state index contributed by atoms with van der Waals surface area (Å²) in [7, 11) is 0. The Kier molecular flexibility index (Phi) is 10.1. The standard InChI is InChI=1S/C30H41N3O2/c1-6-9-10-13-24-20-22(4)32-23(5)28(24)21-31-30(34)27-14-11-15-29(26(27)12-7-2)33(8-3)25-16-18-35-19-17-25/h6-7,11,14-15,20,25H,1-2,8-10,12-13,16-19,21H2,3-5H3,(H,31,34). The summed E-state index contributed by atoms with van der Waals surface area (Å²) in [5.41, 5.74) is 7.26. The van der Waals surface area contributed by atoms with Gasteiger partial charge in [-0.3, -0.25) is 9.78 Å². The molecule has 5 nitrogen and oxygen atoms in total. The Morgan fingerprint density at radius 2 is 1.97 bits per heavy atom. The number of ether oxygens (including phenoxy) is 1. The highest BCUT2D eigenvalue weighted by molar-refractivity contribution is 5.97. The fourth-order valence-electron chi connectivity index (χ4n) is 5.14. The van der Waals surface area contributed by atoms with Crippen molar-refractivity contribution in [3.63, 3.8) is 0 Å². The molecule has 0 bridgehead atoms. The van der Waals surface area contributed by atoms with Crippen LogP contribution in [0.3, 0.4) is 0 Å². The maximum absolute atomic E-state index is 13.5. The van der Waals surface area contributed by atoms with Crippen LogP contribution in [-0.2, 0) is 24.1 Å². The van der Waals surface area contributed by atoms with Crippen LogP contribution in [0.25, 0.3) is 0 Å². The molecule has 1 saturated heterocycles. The highest BCUT2D eigenvalue weighted by atomic mass is 16.5. The van der Waals surface area contributed by atoms with Gasteiger partial charge in [0, 0.05) is 55.0 Å². The number of hydrogen-bond donors (Lipinski definition) is 1. The number of nitrogens with one attached hydrogen (secondary N) is 1. The van der Waals surface area contributed by atoms with Gasteiger partial charge in [0.25, 0.3) is 5.91 Å². The van der Waals surface area contributed by atoms with Crippen LogP contribution >= 0.6 is 0 Å². The largest absolute Gasteiger partial charge is 0.381 e. The van der Waals surface area contributed by atoms with Gasteiger partial charge in [-0.2, -0.15) is 0 Å². The Balaban J connectivity index is 1.85. The second-order valence-corrected chi connectivity index (χ2v) is 9.28. The predicted octanol–water partition coefficient (Wildman–Crippen LogP) is 5.87. The van der Waals surface area contributed by atoms with Gasteiger partial charge in [0.05, 0.1) is 0 Å². The average Bonchev–Trinajstić information content (AvgIpc) is 2.85. The molecule has 2 aromatic rings. The van der Waals surface area contributed by atoms with Crippen LogP contribution in [0.15, 0.2) is 49.6 Å². The molecule has 1 aromatic carbocycles. The van der Waals surface area contributed by atoms with Crippen molar-refractivity contribution in [2.45, 2.75) is 71.9 Å². The first-order valence-electron chi connectivity index (χ1n) is 12.9. The maximum atomic E-state index is 13.5. The van der Waals surface area contributed by atoms with Gasteiger partial charge in [0.1, 0.15) is 0 Å². The normalized spacial score (nSPS) is 13.9. The summed E-state index contributed by atoms with van der Waals surface area (Å²) in [6, 6.07) is 8.64. The van der Waals surface area contributed by atoms with E-state index in [1.807, 2.05) is 38.1 Å². The number of hydrogen-bond acceptors (Lipinski definition) is 4. The number of amides is 1. The number of allylic oxidation sites excluding steroid dienone is 2. The summed E-state index contributed by atoms with van der Waals surface area (Å²) in [6.45, 7) is 17.0. The number of benzene rings is 1. The zero-order valence-electron chi connectivity index (χ0n) is 21.7. The van der Waals surface area contributed by atoms with E-state index in [4.69, 9.17) is 4.74 Å². The molecule has 0 atom stereocenters. The molecule has 0 saturated carbocycles. The second kappa shape index (κ2) is 13.2. The van der Waals surface area contributed by atoms with E-state index in [2.05, 4.69) is 47.4 Å². The zero-order valence-corrected chi connectivity index (χ0v) is 21.7. The summed E-state index contributed by atoms with van der Waals surface area (Å²) in [5.74, 6) is -0.0521. The van der Waals surface area contributed by atoms with Crippen molar-refractivity contribution in [3.05, 3.63) is 83.2 Å². The first-order chi connectivity index (χ1) is 17.0. The third kappa shape index (κ3) is 6.82. The minimum absolute atomic E-state index is 0.0521. The lowest BCUT2D eigenvalue weighted by Gasteiger charge is -2.37. The van der Waals surface area contributed by atoms with E-state index in [0.717, 1.165) is 85.6 Å². The molecule has 1 N–H and O–H groups in total. The van der Waals surface area contributed by atoms with Gasteiger partial charge >= 0.3 is 0 Å². The Morgan fingerprint density at radius 1 is 1.20 bits per heavy atom. The molecule has 1 aliphatic rings. The molecular weight excluding hydrogens is 434 g/mol. The van der Waals surface area contributed by atoms with Crippen molar-refractivity contribution in [2.24, 2.45) is 0 Å². The molecular formula is C30H41N3O2. The highest BCUT2D eigenvalue weighted by Crippen LogP contribution is 2.30. The van der Waals surface area contributed by atoms with Crippen molar-refractivity contribution in [1.29, 1.82) is 0 Å². The number of pyridine rings is 1. The van der Waals surface area contributed by atoms with Gasteiger partial charge in [-0.25, -0.2) is 0 Å². The van der Waals surface area contributed by atoms with Crippen LogP contribution in [0, 0.1) is 13.8 Å². The van der Waals surface area contributed by atoms with E-state index in [1.54, 1.807) is 0 Å². The summed E-state index contributed by atoms with van der Waals surface area (Å²) in [6.07, 6.45) is 9.47. The minimum atomic E-state index is -0.0521. The number of aryl methyl sites for hydroxylation is 3. The molecule has 0 aliphatic carbocycles. The van der Waals surface area contributed by atoms with E-state index in [-0.39, 0.29) is 5.91 Å². The van der Waals surface area contributed by atoms with E-state index in [1.165, 1.54) is 5.56 Å². The Hall–Kier alpha value is -2.92. The smallest absolute Gasteiger partial charge is 0.251 e.